The van der Waals surface area contributed by atoms with Gasteiger partial charge in [0, 0.05) is 24.2 Å². The fraction of sp³-hybridized carbons (Fsp3) is 0.105. The fourth-order valence-corrected chi connectivity index (χ4v) is 2.86. The molecule has 0 N–H and O–H groups in total. The van der Waals surface area contributed by atoms with Gasteiger partial charge >= 0.3 is 0 Å². The lowest BCUT2D eigenvalue weighted by Gasteiger charge is -2.09. The molecule has 0 saturated carbocycles. The highest BCUT2D eigenvalue weighted by atomic mass is 16.1. The van der Waals surface area contributed by atoms with Gasteiger partial charge in [0.1, 0.15) is 0 Å². The van der Waals surface area contributed by atoms with Crippen LogP contribution in [0.2, 0.25) is 0 Å². The van der Waals surface area contributed by atoms with E-state index in [1.807, 2.05) is 29.1 Å². The van der Waals surface area contributed by atoms with Crippen LogP contribution in [0.1, 0.15) is 32.6 Å². The number of carbonyl (C=O) groups excluding carboxylic acids is 1. The number of fused-ring (bicyclic) bond motifs is 1. The molecule has 0 radical (unpaired) electrons. The van der Waals surface area contributed by atoms with Crippen LogP contribution in [0.25, 0.3) is 5.69 Å². The first-order chi connectivity index (χ1) is 11.2. The van der Waals surface area contributed by atoms with Gasteiger partial charge in [0.05, 0.1) is 11.3 Å². The van der Waals surface area contributed by atoms with Crippen LogP contribution in [-0.4, -0.2) is 21.9 Å². The Morgan fingerprint density at radius 2 is 1.96 bits per heavy atom. The Kier molecular flexibility index (Phi) is 3.15. The Morgan fingerprint density at radius 3 is 2.70 bits per heavy atom. The normalized spacial score (nSPS) is 12.7. The predicted octanol–water partition coefficient (Wildman–Crippen LogP) is 3.34. The van der Waals surface area contributed by atoms with Crippen molar-refractivity contribution in [3.63, 3.8) is 0 Å². The van der Waals surface area contributed by atoms with E-state index in [4.69, 9.17) is 0 Å². The van der Waals surface area contributed by atoms with Gasteiger partial charge in [0.25, 0.3) is 5.91 Å². The quantitative estimate of drug-likeness (QED) is 0.745. The Hall–Kier alpha value is -3.01. The maximum atomic E-state index is 11.7. The zero-order valence-corrected chi connectivity index (χ0v) is 12.7. The van der Waals surface area contributed by atoms with Crippen molar-refractivity contribution in [3.05, 3.63) is 82.7 Å². The van der Waals surface area contributed by atoms with Gasteiger partial charge in [-0.3, -0.25) is 4.79 Å². The van der Waals surface area contributed by atoms with Gasteiger partial charge in [-0.25, -0.2) is 9.67 Å². The van der Waals surface area contributed by atoms with Crippen molar-refractivity contribution >= 4 is 12.1 Å². The van der Waals surface area contributed by atoms with Crippen molar-refractivity contribution in [2.24, 2.45) is 4.99 Å². The number of amides is 1. The van der Waals surface area contributed by atoms with Gasteiger partial charge in [-0.1, -0.05) is 12.1 Å². The van der Waals surface area contributed by atoms with Crippen molar-refractivity contribution in [1.29, 1.82) is 0 Å². The second kappa shape index (κ2) is 5.32. The molecule has 3 aromatic rings. The maximum Gasteiger partial charge on any atom is 0.277 e. The molecule has 1 aromatic heterocycles. The molecule has 0 spiro atoms. The molecule has 0 unspecified atom stereocenters. The van der Waals surface area contributed by atoms with Gasteiger partial charge < -0.3 is 0 Å². The van der Waals surface area contributed by atoms with Gasteiger partial charge in [-0.05, 0) is 60.4 Å². The minimum atomic E-state index is -0.143. The van der Waals surface area contributed by atoms with Crippen LogP contribution >= 0.6 is 0 Å². The van der Waals surface area contributed by atoms with Crippen molar-refractivity contribution in [1.82, 2.24) is 9.78 Å². The van der Waals surface area contributed by atoms with E-state index in [0.29, 0.717) is 5.56 Å². The molecule has 112 valence electrons. The molecule has 2 aromatic carbocycles. The van der Waals surface area contributed by atoms with E-state index in [9.17, 15) is 4.79 Å². The lowest BCUT2D eigenvalue weighted by Crippen LogP contribution is -1.99. The molecule has 4 heteroatoms. The number of rotatable bonds is 3. The topological polar surface area (TPSA) is 47.2 Å². The summed E-state index contributed by atoms with van der Waals surface area (Å²) in [5.41, 5.74) is 6.21. The van der Waals surface area contributed by atoms with Crippen LogP contribution < -0.4 is 0 Å². The SMILES string of the molecule is Cc1cc2c(cc1Cc1ccc(-n3cccn3)cc1)C(=O)N=C2. The van der Waals surface area contributed by atoms with Crippen LogP contribution in [0.5, 0.6) is 0 Å². The number of benzene rings is 2. The van der Waals surface area contributed by atoms with E-state index in [0.717, 1.165) is 23.2 Å². The molecule has 0 saturated heterocycles. The van der Waals surface area contributed by atoms with E-state index in [1.165, 1.54) is 11.1 Å². The number of aromatic nitrogens is 2. The Bertz CT molecular complexity index is 907. The smallest absolute Gasteiger partial charge is 0.267 e. The fourth-order valence-electron chi connectivity index (χ4n) is 2.86. The number of aryl methyl sites for hydroxylation is 1. The average molecular weight is 301 g/mol. The van der Waals surface area contributed by atoms with E-state index >= 15 is 0 Å². The Balaban J connectivity index is 1.61. The number of hydrogen-bond donors (Lipinski definition) is 0. The molecule has 1 amide bonds. The molecule has 2 heterocycles. The summed E-state index contributed by atoms with van der Waals surface area (Å²) in [6.07, 6.45) is 6.13. The molecule has 4 rings (SSSR count). The van der Waals surface area contributed by atoms with Crippen LogP contribution in [0.4, 0.5) is 0 Å². The first kappa shape index (κ1) is 13.6. The highest BCUT2D eigenvalue weighted by Crippen LogP contribution is 2.23. The monoisotopic (exact) mass is 301 g/mol. The Labute approximate surface area is 134 Å². The molecular formula is C19H15N3O. The molecule has 4 nitrogen and oxygen atoms in total. The van der Waals surface area contributed by atoms with Gasteiger partial charge in [-0.15, -0.1) is 0 Å². The first-order valence-corrected chi connectivity index (χ1v) is 7.51. The summed E-state index contributed by atoms with van der Waals surface area (Å²) in [6, 6.07) is 14.2. The summed E-state index contributed by atoms with van der Waals surface area (Å²) in [5.74, 6) is -0.143. The molecule has 0 atom stereocenters. The molecule has 1 aliphatic heterocycles. The summed E-state index contributed by atoms with van der Waals surface area (Å²) in [7, 11) is 0. The standard InChI is InChI=1S/C19H15N3O/c1-13-9-16-12-20-19(23)18(16)11-15(13)10-14-3-5-17(6-4-14)22-8-2-7-21-22/h2-9,11-12H,10H2,1H3. The van der Waals surface area contributed by atoms with Gasteiger partial charge in [-0.2, -0.15) is 5.10 Å². The van der Waals surface area contributed by atoms with Crippen LogP contribution in [0.3, 0.4) is 0 Å². The second-order valence-electron chi connectivity index (χ2n) is 5.72. The minimum absolute atomic E-state index is 0.143. The third-order valence-electron chi connectivity index (χ3n) is 4.16. The highest BCUT2D eigenvalue weighted by molar-refractivity contribution is 6.13. The van der Waals surface area contributed by atoms with E-state index in [2.05, 4.69) is 41.3 Å². The maximum absolute atomic E-state index is 11.7. The van der Waals surface area contributed by atoms with Gasteiger partial charge in [0.2, 0.25) is 0 Å². The van der Waals surface area contributed by atoms with Crippen molar-refractivity contribution in [2.45, 2.75) is 13.3 Å². The molecule has 0 bridgehead atoms. The number of nitrogens with zero attached hydrogens (tertiary/aromatic N) is 3. The van der Waals surface area contributed by atoms with Crippen molar-refractivity contribution in [2.75, 3.05) is 0 Å². The highest BCUT2D eigenvalue weighted by Gasteiger charge is 2.17. The first-order valence-electron chi connectivity index (χ1n) is 7.51. The third kappa shape index (κ3) is 2.48. The Morgan fingerprint density at radius 1 is 1.13 bits per heavy atom. The number of carbonyl (C=O) groups is 1. The van der Waals surface area contributed by atoms with Crippen molar-refractivity contribution < 1.29 is 4.79 Å². The molecule has 23 heavy (non-hydrogen) atoms. The molecule has 0 fully saturated rings. The van der Waals surface area contributed by atoms with E-state index in [1.54, 1.807) is 12.4 Å². The summed E-state index contributed by atoms with van der Waals surface area (Å²) < 4.78 is 1.83. The second-order valence-corrected chi connectivity index (χ2v) is 5.72. The summed E-state index contributed by atoms with van der Waals surface area (Å²) in [6.45, 7) is 2.07. The summed E-state index contributed by atoms with van der Waals surface area (Å²) in [5, 5.41) is 4.23. The predicted molar refractivity (Wildman–Crippen MR) is 89.5 cm³/mol. The van der Waals surface area contributed by atoms with Crippen LogP contribution in [-0.2, 0) is 6.42 Å². The zero-order chi connectivity index (χ0) is 15.8. The van der Waals surface area contributed by atoms with Crippen LogP contribution in [0.15, 0.2) is 59.9 Å². The summed E-state index contributed by atoms with van der Waals surface area (Å²) in [4.78, 5) is 15.6. The lowest BCUT2D eigenvalue weighted by molar-refractivity contribution is 0.101. The minimum Gasteiger partial charge on any atom is -0.267 e. The summed E-state index contributed by atoms with van der Waals surface area (Å²) >= 11 is 0. The third-order valence-corrected chi connectivity index (χ3v) is 4.16. The largest absolute Gasteiger partial charge is 0.277 e. The average Bonchev–Trinajstić information content (AvgIpc) is 3.20. The van der Waals surface area contributed by atoms with Crippen molar-refractivity contribution in [3.8, 4) is 5.69 Å². The van der Waals surface area contributed by atoms with E-state index in [-0.39, 0.29) is 5.91 Å². The number of hydrogen-bond acceptors (Lipinski definition) is 2. The van der Waals surface area contributed by atoms with Crippen LogP contribution in [0, 0.1) is 6.92 Å². The molecule has 1 aliphatic rings. The zero-order valence-electron chi connectivity index (χ0n) is 12.7. The number of aliphatic imine (C=N–C) groups is 1. The molecular weight excluding hydrogens is 286 g/mol. The lowest BCUT2D eigenvalue weighted by atomic mass is 9.95. The molecule has 0 aliphatic carbocycles. The van der Waals surface area contributed by atoms with E-state index < -0.39 is 0 Å². The van der Waals surface area contributed by atoms with Gasteiger partial charge in [0.15, 0.2) is 0 Å².